The van der Waals surface area contributed by atoms with E-state index in [1.54, 1.807) is 12.1 Å². The Hall–Kier alpha value is -2.39. The van der Waals surface area contributed by atoms with E-state index in [-0.39, 0.29) is 22.1 Å². The maximum absolute atomic E-state index is 12.4. The molecule has 0 unspecified atom stereocenters. The number of hydrogen-bond acceptors (Lipinski definition) is 7. The van der Waals surface area contributed by atoms with Crippen molar-refractivity contribution in [3.63, 3.8) is 0 Å². The van der Waals surface area contributed by atoms with Gasteiger partial charge in [0.2, 0.25) is 0 Å². The Morgan fingerprint density at radius 1 is 0.971 bits per heavy atom. The molecule has 1 saturated carbocycles. The highest BCUT2D eigenvalue weighted by Crippen LogP contribution is 2.48. The van der Waals surface area contributed by atoms with Crippen LogP contribution < -0.4 is 4.90 Å². The van der Waals surface area contributed by atoms with E-state index in [2.05, 4.69) is 9.80 Å². The van der Waals surface area contributed by atoms with Gasteiger partial charge in [0.25, 0.3) is 5.69 Å². The molecule has 4 rings (SSSR count). The molecule has 9 heteroatoms. The first-order valence-corrected chi connectivity index (χ1v) is 12.9. The number of piperazine rings is 1. The van der Waals surface area contributed by atoms with E-state index in [1.807, 2.05) is 37.8 Å². The third-order valence-electron chi connectivity index (χ3n) is 8.03. The third kappa shape index (κ3) is 6.44. The van der Waals surface area contributed by atoms with Gasteiger partial charge in [0.1, 0.15) is 5.60 Å². The number of β-amino-alcohol motifs (C(OH)–C–C–N with tert-alkyl or cyclic N) is 1. The molecule has 35 heavy (non-hydrogen) atoms. The summed E-state index contributed by atoms with van der Waals surface area (Å²) in [6.45, 7) is 11.3. The standard InChI is InChI=1S/C26H40N4O5/c1-24(2,3)35-23(31)29-14-12-25(13-15-29)8-10-26(32,11-9-25)20-27-16-18-28(19-17-27)21-4-6-22(7-5-21)30(33)34/h4-7,32H,8-20H2,1-3H3. The number of nitrogens with zero attached hydrogens (tertiary/aromatic N) is 4. The van der Waals surface area contributed by atoms with Crippen molar-refractivity contribution in [3.05, 3.63) is 34.4 Å². The van der Waals surface area contributed by atoms with Crippen LogP contribution in [0.15, 0.2) is 24.3 Å². The highest BCUT2D eigenvalue weighted by atomic mass is 16.6. The second kappa shape index (κ2) is 9.93. The molecule has 1 spiro atoms. The van der Waals surface area contributed by atoms with Gasteiger partial charge in [-0.1, -0.05) is 0 Å². The predicted octanol–water partition coefficient (Wildman–Crippen LogP) is 4.04. The second-order valence-corrected chi connectivity index (χ2v) is 11.7. The summed E-state index contributed by atoms with van der Waals surface area (Å²) in [6, 6.07) is 6.74. The zero-order valence-electron chi connectivity index (χ0n) is 21.4. The summed E-state index contributed by atoms with van der Waals surface area (Å²) >= 11 is 0. The molecule has 0 bridgehead atoms. The highest BCUT2D eigenvalue weighted by molar-refractivity contribution is 5.68. The van der Waals surface area contributed by atoms with Gasteiger partial charge < -0.3 is 19.6 Å². The summed E-state index contributed by atoms with van der Waals surface area (Å²) in [5, 5.41) is 22.2. The van der Waals surface area contributed by atoms with Gasteiger partial charge in [-0.05, 0) is 76.8 Å². The molecule has 2 saturated heterocycles. The number of amides is 1. The molecule has 9 nitrogen and oxygen atoms in total. The summed E-state index contributed by atoms with van der Waals surface area (Å²) in [5.74, 6) is 0. The SMILES string of the molecule is CC(C)(C)OC(=O)N1CCC2(CC1)CCC(O)(CN1CCN(c3ccc([N+](=O)[O-])cc3)CC1)CC2. The van der Waals surface area contributed by atoms with Crippen molar-refractivity contribution in [1.29, 1.82) is 0 Å². The van der Waals surface area contributed by atoms with Crippen LogP contribution in [0.2, 0.25) is 0 Å². The second-order valence-electron chi connectivity index (χ2n) is 11.7. The zero-order chi connectivity index (χ0) is 25.3. The number of piperidine rings is 1. The number of hydrogen-bond donors (Lipinski definition) is 1. The summed E-state index contributed by atoms with van der Waals surface area (Å²) in [4.78, 5) is 29.3. The molecule has 2 heterocycles. The number of anilines is 1. The van der Waals surface area contributed by atoms with Gasteiger partial charge in [-0.3, -0.25) is 15.0 Å². The summed E-state index contributed by atoms with van der Waals surface area (Å²) in [6.07, 6.45) is 5.38. The molecule has 1 aromatic carbocycles. The van der Waals surface area contributed by atoms with Gasteiger partial charge in [-0.2, -0.15) is 0 Å². The highest BCUT2D eigenvalue weighted by Gasteiger charge is 2.44. The van der Waals surface area contributed by atoms with E-state index in [4.69, 9.17) is 4.74 Å². The number of carbonyl (C=O) groups is 1. The van der Waals surface area contributed by atoms with Gasteiger partial charge >= 0.3 is 6.09 Å². The molecule has 0 aromatic heterocycles. The molecule has 0 atom stereocenters. The number of non-ortho nitro benzene ring substituents is 1. The lowest BCUT2D eigenvalue weighted by Crippen LogP contribution is -2.54. The fourth-order valence-electron chi connectivity index (χ4n) is 5.76. The first kappa shape index (κ1) is 25.7. The van der Waals surface area contributed by atoms with Crippen LogP contribution in [0.25, 0.3) is 0 Å². The zero-order valence-corrected chi connectivity index (χ0v) is 21.4. The summed E-state index contributed by atoms with van der Waals surface area (Å²) in [7, 11) is 0. The molecule has 1 amide bonds. The van der Waals surface area contributed by atoms with Crippen LogP contribution in [0.5, 0.6) is 0 Å². The fourth-order valence-corrected chi connectivity index (χ4v) is 5.76. The maximum atomic E-state index is 12.4. The van der Waals surface area contributed by atoms with E-state index >= 15 is 0 Å². The minimum absolute atomic E-state index is 0.111. The normalized spacial score (nSPS) is 22.7. The van der Waals surface area contributed by atoms with Crippen LogP contribution in [0, 0.1) is 15.5 Å². The Kier molecular flexibility index (Phi) is 7.29. The van der Waals surface area contributed by atoms with Crippen molar-refractivity contribution in [2.75, 3.05) is 50.7 Å². The first-order valence-electron chi connectivity index (χ1n) is 12.9. The molecule has 1 N–H and O–H groups in total. The maximum Gasteiger partial charge on any atom is 0.410 e. The molecule has 2 aliphatic heterocycles. The summed E-state index contributed by atoms with van der Waals surface area (Å²) in [5.41, 5.74) is 0.232. The lowest BCUT2D eigenvalue weighted by Gasteiger charge is -2.49. The van der Waals surface area contributed by atoms with Crippen LogP contribution in [0.3, 0.4) is 0 Å². The van der Waals surface area contributed by atoms with Crippen molar-refractivity contribution >= 4 is 17.5 Å². The Bertz CT molecular complexity index is 887. The van der Waals surface area contributed by atoms with Crippen LogP contribution >= 0.6 is 0 Å². The smallest absolute Gasteiger partial charge is 0.410 e. The van der Waals surface area contributed by atoms with Crippen molar-refractivity contribution < 1.29 is 19.6 Å². The van der Waals surface area contributed by atoms with Crippen LogP contribution in [0.4, 0.5) is 16.2 Å². The Labute approximate surface area is 208 Å². The predicted molar refractivity (Wildman–Crippen MR) is 135 cm³/mol. The van der Waals surface area contributed by atoms with Gasteiger partial charge in [-0.15, -0.1) is 0 Å². The number of nitro groups is 1. The number of benzene rings is 1. The topological polar surface area (TPSA) is 99.4 Å². The first-order chi connectivity index (χ1) is 16.5. The van der Waals surface area contributed by atoms with Gasteiger partial charge in [0.15, 0.2) is 0 Å². The largest absolute Gasteiger partial charge is 0.444 e. The van der Waals surface area contributed by atoms with E-state index in [0.29, 0.717) is 6.54 Å². The molecule has 3 fully saturated rings. The van der Waals surface area contributed by atoms with Crippen molar-refractivity contribution in [3.8, 4) is 0 Å². The number of rotatable bonds is 4. The average Bonchev–Trinajstić information content (AvgIpc) is 2.81. The summed E-state index contributed by atoms with van der Waals surface area (Å²) < 4.78 is 5.53. The van der Waals surface area contributed by atoms with Crippen molar-refractivity contribution in [2.45, 2.75) is 70.5 Å². The fraction of sp³-hybridized carbons (Fsp3) is 0.731. The number of ether oxygens (including phenoxy) is 1. The van der Waals surface area contributed by atoms with Gasteiger partial charge in [0, 0.05) is 63.6 Å². The minimum Gasteiger partial charge on any atom is -0.444 e. The lowest BCUT2D eigenvalue weighted by molar-refractivity contribution is -0.384. The van der Waals surface area contributed by atoms with Gasteiger partial charge in [-0.25, -0.2) is 4.79 Å². The van der Waals surface area contributed by atoms with Crippen LogP contribution in [-0.4, -0.2) is 82.9 Å². The Morgan fingerprint density at radius 3 is 2.06 bits per heavy atom. The van der Waals surface area contributed by atoms with E-state index < -0.39 is 11.2 Å². The quantitative estimate of drug-likeness (QED) is 0.504. The molecule has 194 valence electrons. The average molecular weight is 489 g/mol. The lowest BCUT2D eigenvalue weighted by atomic mass is 9.64. The Morgan fingerprint density at radius 2 is 1.54 bits per heavy atom. The number of aliphatic hydroxyl groups is 1. The molecule has 3 aliphatic rings. The number of carbonyl (C=O) groups excluding carboxylic acids is 1. The molecule has 1 aromatic rings. The van der Waals surface area contributed by atoms with Crippen molar-refractivity contribution in [2.24, 2.45) is 5.41 Å². The number of likely N-dealkylation sites (tertiary alicyclic amines) is 1. The Balaban J connectivity index is 1.22. The molecular formula is C26H40N4O5. The van der Waals surface area contributed by atoms with Crippen molar-refractivity contribution in [1.82, 2.24) is 9.80 Å². The molecule has 1 aliphatic carbocycles. The van der Waals surface area contributed by atoms with E-state index in [9.17, 15) is 20.0 Å². The van der Waals surface area contributed by atoms with Crippen LogP contribution in [-0.2, 0) is 4.74 Å². The van der Waals surface area contributed by atoms with E-state index in [1.165, 1.54) is 0 Å². The molecular weight excluding hydrogens is 448 g/mol. The van der Waals surface area contributed by atoms with E-state index in [0.717, 1.165) is 83.5 Å². The van der Waals surface area contributed by atoms with Crippen LogP contribution in [0.1, 0.15) is 59.3 Å². The third-order valence-corrected chi connectivity index (χ3v) is 8.03. The monoisotopic (exact) mass is 488 g/mol. The minimum atomic E-state index is -0.650. The number of nitro benzene ring substituents is 1. The van der Waals surface area contributed by atoms with Gasteiger partial charge in [0.05, 0.1) is 10.5 Å². The molecule has 0 radical (unpaired) electrons.